The van der Waals surface area contributed by atoms with Gasteiger partial charge in [0.2, 0.25) is 11.6 Å². The average molecular weight is 445 g/mol. The zero-order valence-corrected chi connectivity index (χ0v) is 15.5. The highest BCUT2D eigenvalue weighted by molar-refractivity contribution is 6.33. The van der Waals surface area contributed by atoms with Gasteiger partial charge in [-0.15, -0.1) is 0 Å². The number of rotatable bonds is 5. The van der Waals surface area contributed by atoms with E-state index in [1.54, 1.807) is 24.3 Å². The monoisotopic (exact) mass is 444 g/mol. The quantitative estimate of drug-likeness (QED) is 0.389. The van der Waals surface area contributed by atoms with E-state index in [9.17, 15) is 23.3 Å². The Hall–Kier alpha value is -3.18. The second-order valence-corrected chi connectivity index (χ2v) is 6.27. The van der Waals surface area contributed by atoms with Crippen LogP contribution in [0.4, 0.5) is 42.0 Å². The lowest BCUT2D eigenvalue weighted by molar-refractivity contribution is -0.383. The summed E-state index contributed by atoms with van der Waals surface area (Å²) in [6.45, 7) is 0. The number of benzene rings is 1. The molecule has 0 amide bonds. The molecule has 3 rings (SSSR count). The number of hydrogen-bond acceptors (Lipinski definition) is 7. The maximum absolute atomic E-state index is 12.7. The molecular weight excluding hydrogens is 436 g/mol. The van der Waals surface area contributed by atoms with Gasteiger partial charge in [0.05, 0.1) is 26.2 Å². The topological polar surface area (TPSA) is 106 Å². The molecule has 0 radical (unpaired) electrons. The molecule has 29 heavy (non-hydrogen) atoms. The van der Waals surface area contributed by atoms with Gasteiger partial charge in [-0.2, -0.15) is 13.2 Å². The summed E-state index contributed by atoms with van der Waals surface area (Å²) in [6.07, 6.45) is -3.07. The molecule has 0 aliphatic rings. The molecule has 0 atom stereocenters. The summed E-state index contributed by atoms with van der Waals surface area (Å²) >= 11 is 11.9. The van der Waals surface area contributed by atoms with Gasteiger partial charge >= 0.3 is 11.9 Å². The molecule has 0 spiro atoms. The van der Waals surface area contributed by atoms with Crippen LogP contribution in [0.5, 0.6) is 0 Å². The van der Waals surface area contributed by atoms with Crippen molar-refractivity contribution in [3.63, 3.8) is 0 Å². The molecule has 0 saturated heterocycles. The molecule has 0 aliphatic carbocycles. The summed E-state index contributed by atoms with van der Waals surface area (Å²) in [4.78, 5) is 22.0. The highest BCUT2D eigenvalue weighted by atomic mass is 35.5. The third-order valence-electron chi connectivity index (χ3n) is 3.54. The van der Waals surface area contributed by atoms with Crippen molar-refractivity contribution in [2.24, 2.45) is 0 Å². The number of para-hydroxylation sites is 1. The Balaban J connectivity index is 1.98. The molecular formula is C16H9Cl2F3N6O2. The first kappa shape index (κ1) is 20.6. The molecule has 3 aromatic rings. The highest BCUT2D eigenvalue weighted by Crippen LogP contribution is 2.37. The van der Waals surface area contributed by atoms with Gasteiger partial charge in [0.25, 0.3) is 0 Å². The molecule has 13 heteroatoms. The third kappa shape index (κ3) is 4.63. The summed E-state index contributed by atoms with van der Waals surface area (Å²) in [5.74, 6) is -0.762. The van der Waals surface area contributed by atoms with E-state index in [0.717, 1.165) is 6.33 Å². The van der Waals surface area contributed by atoms with Crippen LogP contribution >= 0.6 is 23.2 Å². The van der Waals surface area contributed by atoms with E-state index in [1.165, 1.54) is 0 Å². The smallest absolute Gasteiger partial charge is 0.333 e. The number of aromatic nitrogens is 3. The molecule has 1 aromatic carbocycles. The van der Waals surface area contributed by atoms with E-state index in [0.29, 0.717) is 23.0 Å². The Bertz CT molecular complexity index is 1080. The molecule has 2 aromatic heterocycles. The largest absolute Gasteiger partial charge is 0.417 e. The number of nitrogens with zero attached hydrogens (tertiary/aromatic N) is 4. The van der Waals surface area contributed by atoms with Gasteiger partial charge in [-0.05, 0) is 18.2 Å². The molecule has 0 fully saturated rings. The van der Waals surface area contributed by atoms with E-state index in [2.05, 4.69) is 25.6 Å². The Labute approximate surface area is 170 Å². The van der Waals surface area contributed by atoms with E-state index in [-0.39, 0.29) is 17.5 Å². The Morgan fingerprint density at radius 1 is 0.966 bits per heavy atom. The Morgan fingerprint density at radius 2 is 1.62 bits per heavy atom. The number of hydrogen-bond donors (Lipinski definition) is 2. The summed E-state index contributed by atoms with van der Waals surface area (Å²) < 4.78 is 38.2. The molecule has 2 N–H and O–H groups in total. The van der Waals surface area contributed by atoms with Gasteiger partial charge in [0, 0.05) is 6.20 Å². The minimum absolute atomic E-state index is 0.191. The highest BCUT2D eigenvalue weighted by Gasteiger charge is 2.32. The van der Waals surface area contributed by atoms with Crippen LogP contribution in [0.3, 0.4) is 0 Å². The molecule has 0 unspecified atom stereocenters. The SMILES string of the molecule is O=[N+]([O-])c1c(Nc2ccccc2Cl)ncnc1Nc1ncc(C(F)(F)F)cc1Cl. The van der Waals surface area contributed by atoms with Crippen molar-refractivity contribution in [2.45, 2.75) is 6.18 Å². The molecule has 150 valence electrons. The molecule has 0 bridgehead atoms. The predicted molar refractivity (Wildman–Crippen MR) is 101 cm³/mol. The van der Waals surface area contributed by atoms with Gasteiger partial charge in [0.1, 0.15) is 6.33 Å². The summed E-state index contributed by atoms with van der Waals surface area (Å²) in [5, 5.41) is 16.7. The van der Waals surface area contributed by atoms with Gasteiger partial charge in [-0.1, -0.05) is 35.3 Å². The van der Waals surface area contributed by atoms with Crippen molar-refractivity contribution in [1.29, 1.82) is 0 Å². The van der Waals surface area contributed by atoms with Crippen molar-refractivity contribution in [1.82, 2.24) is 15.0 Å². The molecule has 0 aliphatic heterocycles. The standard InChI is InChI=1S/C16H9Cl2F3N6O2/c17-9-3-1-2-4-11(9)25-14-12(27(28)29)15(24-7-23-14)26-13-10(18)5-8(6-22-13)16(19,20)21/h1-7H,(H2,22,23,24,25,26). The van der Waals surface area contributed by atoms with Crippen molar-refractivity contribution < 1.29 is 18.1 Å². The van der Waals surface area contributed by atoms with E-state index >= 15 is 0 Å². The first-order chi connectivity index (χ1) is 13.7. The number of halogens is 5. The zero-order valence-electron chi connectivity index (χ0n) is 14.0. The van der Waals surface area contributed by atoms with Crippen LogP contribution in [0.1, 0.15) is 5.56 Å². The molecule has 0 saturated carbocycles. The van der Waals surface area contributed by atoms with Crippen LogP contribution in [-0.2, 0) is 6.18 Å². The van der Waals surface area contributed by atoms with Crippen molar-refractivity contribution in [2.75, 3.05) is 10.6 Å². The lowest BCUT2D eigenvalue weighted by Crippen LogP contribution is -2.08. The lowest BCUT2D eigenvalue weighted by atomic mass is 10.2. The second-order valence-electron chi connectivity index (χ2n) is 5.46. The maximum Gasteiger partial charge on any atom is 0.417 e. The first-order valence-corrected chi connectivity index (χ1v) is 8.43. The number of nitro groups is 1. The minimum atomic E-state index is -4.64. The summed E-state index contributed by atoms with van der Waals surface area (Å²) in [5.41, 5.74) is -1.29. The normalized spacial score (nSPS) is 11.2. The maximum atomic E-state index is 12.7. The van der Waals surface area contributed by atoms with Gasteiger partial charge in [-0.25, -0.2) is 15.0 Å². The van der Waals surface area contributed by atoms with Crippen LogP contribution in [0.15, 0.2) is 42.9 Å². The lowest BCUT2D eigenvalue weighted by Gasteiger charge is -2.12. The number of alkyl halides is 3. The van der Waals surface area contributed by atoms with Crippen molar-refractivity contribution in [3.8, 4) is 0 Å². The fraction of sp³-hybridized carbons (Fsp3) is 0.0625. The third-order valence-corrected chi connectivity index (χ3v) is 4.15. The fourth-order valence-electron chi connectivity index (χ4n) is 2.22. The van der Waals surface area contributed by atoms with Crippen LogP contribution in [0.25, 0.3) is 0 Å². The zero-order chi connectivity index (χ0) is 21.2. The summed E-state index contributed by atoms with van der Waals surface area (Å²) in [6, 6.07) is 7.13. The van der Waals surface area contributed by atoms with Gasteiger partial charge < -0.3 is 10.6 Å². The van der Waals surface area contributed by atoms with Crippen LogP contribution in [0.2, 0.25) is 10.0 Å². The number of anilines is 4. The van der Waals surface area contributed by atoms with Crippen LogP contribution < -0.4 is 10.6 Å². The first-order valence-electron chi connectivity index (χ1n) is 7.67. The number of pyridine rings is 1. The number of nitrogens with one attached hydrogen (secondary N) is 2. The van der Waals surface area contributed by atoms with E-state index in [1.807, 2.05) is 0 Å². The van der Waals surface area contributed by atoms with Crippen molar-refractivity contribution >= 4 is 52.0 Å². The van der Waals surface area contributed by atoms with Crippen LogP contribution in [-0.4, -0.2) is 19.9 Å². The summed E-state index contributed by atoms with van der Waals surface area (Å²) in [7, 11) is 0. The van der Waals surface area contributed by atoms with Crippen molar-refractivity contribution in [3.05, 3.63) is 68.6 Å². The van der Waals surface area contributed by atoms with Gasteiger partial charge in [0.15, 0.2) is 5.82 Å². The Kier molecular flexibility index (Phi) is 5.71. The fourth-order valence-corrected chi connectivity index (χ4v) is 2.62. The molecule has 8 nitrogen and oxygen atoms in total. The van der Waals surface area contributed by atoms with Crippen LogP contribution in [0, 0.1) is 10.1 Å². The van der Waals surface area contributed by atoms with E-state index in [4.69, 9.17) is 23.2 Å². The minimum Gasteiger partial charge on any atom is -0.333 e. The molecule has 2 heterocycles. The van der Waals surface area contributed by atoms with Gasteiger partial charge in [-0.3, -0.25) is 10.1 Å². The van der Waals surface area contributed by atoms with E-state index < -0.39 is 27.4 Å². The average Bonchev–Trinajstić information content (AvgIpc) is 2.64. The Morgan fingerprint density at radius 3 is 2.21 bits per heavy atom. The predicted octanol–water partition coefficient (Wildman–Crippen LogP) is 5.59. The second kappa shape index (κ2) is 8.05.